The molecule has 3 aliphatic carbocycles. The molecule has 0 spiro atoms. The molecule has 212 valence electrons. The van der Waals surface area contributed by atoms with Crippen molar-refractivity contribution in [3.8, 4) is 5.75 Å². The number of hydrogen-bond donors (Lipinski definition) is 0. The van der Waals surface area contributed by atoms with E-state index < -0.39 is 48.0 Å². The molecule has 1 aromatic rings. The van der Waals surface area contributed by atoms with Gasteiger partial charge in [-0.2, -0.15) is 8.78 Å². The highest BCUT2D eigenvalue weighted by molar-refractivity contribution is 5.34. The number of allylic oxidation sites excluding steroid dienone is 2. The van der Waals surface area contributed by atoms with Crippen LogP contribution in [0.3, 0.4) is 0 Å². The van der Waals surface area contributed by atoms with Gasteiger partial charge in [0.1, 0.15) is 0 Å². The van der Waals surface area contributed by atoms with E-state index in [1.807, 2.05) is 0 Å². The minimum atomic E-state index is -4.46. The van der Waals surface area contributed by atoms with Crippen LogP contribution in [-0.2, 0) is 4.74 Å². The van der Waals surface area contributed by atoms with Gasteiger partial charge in [-0.05, 0) is 92.0 Å². The molecule has 2 nitrogen and oxygen atoms in total. The molecule has 0 saturated heterocycles. The molecule has 2 atom stereocenters. The predicted molar refractivity (Wildman–Crippen MR) is 130 cm³/mol. The molecule has 0 radical (unpaired) electrons. The number of hydrogen-bond acceptors (Lipinski definition) is 2. The van der Waals surface area contributed by atoms with Crippen LogP contribution in [0.15, 0.2) is 36.2 Å². The summed E-state index contributed by atoms with van der Waals surface area (Å²) in [4.78, 5) is 0. The van der Waals surface area contributed by atoms with Crippen molar-refractivity contribution in [2.24, 2.45) is 17.8 Å². The van der Waals surface area contributed by atoms with Crippen LogP contribution >= 0.6 is 0 Å². The fourth-order valence-electron chi connectivity index (χ4n) is 6.32. The number of benzene rings is 1. The van der Waals surface area contributed by atoms with E-state index in [1.165, 1.54) is 38.5 Å². The van der Waals surface area contributed by atoms with Gasteiger partial charge in [0.05, 0.1) is 0 Å². The molecule has 3 aliphatic rings. The van der Waals surface area contributed by atoms with Crippen molar-refractivity contribution in [3.63, 3.8) is 0 Å². The SMILES string of the molecule is CCC[C@H]1CC[C@H]([C@H]2CC[C@H](c3cc(F)c(OC(F)(F)COC4(F)C(F)=CC=CC4F)c(F)c3)CC2)CC1. The highest BCUT2D eigenvalue weighted by Crippen LogP contribution is 2.45. The average molecular weight is 549 g/mol. The highest BCUT2D eigenvalue weighted by Gasteiger charge is 2.49. The molecule has 0 amide bonds. The summed E-state index contributed by atoms with van der Waals surface area (Å²) in [5.41, 5.74) is 0.376. The van der Waals surface area contributed by atoms with Gasteiger partial charge in [0.25, 0.3) is 5.85 Å². The van der Waals surface area contributed by atoms with Gasteiger partial charge < -0.3 is 9.47 Å². The lowest BCUT2D eigenvalue weighted by atomic mass is 9.68. The Morgan fingerprint density at radius 1 is 0.921 bits per heavy atom. The maximum atomic E-state index is 14.7. The second-order valence-corrected chi connectivity index (χ2v) is 11.0. The lowest BCUT2D eigenvalue weighted by molar-refractivity contribution is -0.263. The summed E-state index contributed by atoms with van der Waals surface area (Å²) >= 11 is 0. The Morgan fingerprint density at radius 3 is 2.05 bits per heavy atom. The van der Waals surface area contributed by atoms with Crippen molar-refractivity contribution in [1.82, 2.24) is 0 Å². The van der Waals surface area contributed by atoms with Crippen LogP contribution in [0, 0.1) is 29.4 Å². The summed E-state index contributed by atoms with van der Waals surface area (Å²) in [5.74, 6) is -7.51. The molecule has 0 heterocycles. The van der Waals surface area contributed by atoms with E-state index in [9.17, 15) is 30.7 Å². The Hall–Kier alpha value is -2.03. The molecule has 0 aliphatic heterocycles. The monoisotopic (exact) mass is 548 g/mol. The van der Waals surface area contributed by atoms with Crippen molar-refractivity contribution in [3.05, 3.63) is 53.4 Å². The smallest absolute Gasteiger partial charge is 0.422 e. The van der Waals surface area contributed by atoms with Crippen molar-refractivity contribution in [2.75, 3.05) is 6.61 Å². The topological polar surface area (TPSA) is 18.5 Å². The van der Waals surface area contributed by atoms with Gasteiger partial charge in [-0.1, -0.05) is 38.7 Å². The van der Waals surface area contributed by atoms with Crippen LogP contribution in [0.2, 0.25) is 0 Å². The zero-order chi connectivity index (χ0) is 27.5. The van der Waals surface area contributed by atoms with Crippen molar-refractivity contribution < 1.29 is 40.2 Å². The Balaban J connectivity index is 1.33. The zero-order valence-electron chi connectivity index (χ0n) is 21.5. The summed E-state index contributed by atoms with van der Waals surface area (Å²) in [6, 6.07) is 1.97. The molecule has 1 aromatic carbocycles. The average Bonchev–Trinajstić information content (AvgIpc) is 2.89. The summed E-state index contributed by atoms with van der Waals surface area (Å²) in [5, 5.41) is 0. The summed E-state index contributed by atoms with van der Waals surface area (Å²) in [6.07, 6.45) is 5.83. The molecule has 0 N–H and O–H groups in total. The highest BCUT2D eigenvalue weighted by atomic mass is 19.3. The molecule has 0 bridgehead atoms. The molecular weight excluding hydrogens is 513 g/mol. The van der Waals surface area contributed by atoms with E-state index in [2.05, 4.69) is 16.4 Å². The molecular formula is C29H35F7O2. The maximum absolute atomic E-state index is 14.7. The standard InChI is InChI=1S/C29H35F7O2/c1-2-4-18-7-9-19(10-8-18)20-11-13-21(14-12-20)22-15-23(30)27(24(31)16-22)38-28(34,35)17-37-29(36)25(32)5-3-6-26(29)33/h3,5-6,15-16,18-21,25H,2,4,7-14,17H2,1H3/t18-,19-,20-,21-,25?,29?. The lowest BCUT2D eigenvalue weighted by Gasteiger charge is -2.38. The van der Waals surface area contributed by atoms with Crippen LogP contribution in [0.25, 0.3) is 0 Å². The van der Waals surface area contributed by atoms with E-state index in [0.717, 1.165) is 49.8 Å². The summed E-state index contributed by atoms with van der Waals surface area (Å²) < 4.78 is 108. The van der Waals surface area contributed by atoms with E-state index in [0.29, 0.717) is 29.6 Å². The molecule has 2 fully saturated rings. The van der Waals surface area contributed by atoms with Crippen LogP contribution < -0.4 is 4.74 Å². The fraction of sp³-hybridized carbons (Fsp3) is 0.655. The quantitative estimate of drug-likeness (QED) is 0.286. The third-order valence-corrected chi connectivity index (χ3v) is 8.42. The zero-order valence-corrected chi connectivity index (χ0v) is 21.5. The first-order valence-corrected chi connectivity index (χ1v) is 13.6. The van der Waals surface area contributed by atoms with Gasteiger partial charge >= 0.3 is 6.11 Å². The van der Waals surface area contributed by atoms with Crippen LogP contribution in [-0.4, -0.2) is 24.7 Å². The first-order chi connectivity index (χ1) is 18.0. The van der Waals surface area contributed by atoms with E-state index >= 15 is 0 Å². The third kappa shape index (κ3) is 6.57. The van der Waals surface area contributed by atoms with E-state index in [1.54, 1.807) is 0 Å². The molecule has 0 aromatic heterocycles. The Kier molecular flexibility index (Phi) is 9.15. The molecule has 4 rings (SSSR count). The van der Waals surface area contributed by atoms with E-state index in [4.69, 9.17) is 0 Å². The fourth-order valence-corrected chi connectivity index (χ4v) is 6.32. The number of alkyl halides is 4. The summed E-state index contributed by atoms with van der Waals surface area (Å²) in [7, 11) is 0. The summed E-state index contributed by atoms with van der Waals surface area (Å²) in [6.45, 7) is 0.250. The van der Waals surface area contributed by atoms with Gasteiger partial charge in [-0.3, -0.25) is 0 Å². The van der Waals surface area contributed by atoms with Gasteiger partial charge in [-0.15, -0.1) is 0 Å². The largest absolute Gasteiger partial charge is 0.425 e. The Labute approximate surface area is 219 Å². The number of rotatable bonds is 9. The molecule has 38 heavy (non-hydrogen) atoms. The van der Waals surface area contributed by atoms with Crippen molar-refractivity contribution in [1.29, 1.82) is 0 Å². The molecule has 2 unspecified atom stereocenters. The van der Waals surface area contributed by atoms with Crippen LogP contribution in [0.1, 0.15) is 82.6 Å². The van der Waals surface area contributed by atoms with Gasteiger partial charge in [0.2, 0.25) is 0 Å². The van der Waals surface area contributed by atoms with Crippen LogP contribution in [0.5, 0.6) is 5.75 Å². The molecule has 2 saturated carbocycles. The Morgan fingerprint density at radius 2 is 1.50 bits per heavy atom. The number of ether oxygens (including phenoxy) is 2. The second kappa shape index (κ2) is 12.0. The van der Waals surface area contributed by atoms with E-state index in [-0.39, 0.29) is 5.92 Å². The maximum Gasteiger partial charge on any atom is 0.422 e. The van der Waals surface area contributed by atoms with Crippen molar-refractivity contribution >= 4 is 0 Å². The third-order valence-electron chi connectivity index (χ3n) is 8.42. The predicted octanol–water partition coefficient (Wildman–Crippen LogP) is 9.26. The van der Waals surface area contributed by atoms with Gasteiger partial charge in [0.15, 0.2) is 36.0 Å². The second-order valence-electron chi connectivity index (χ2n) is 11.0. The van der Waals surface area contributed by atoms with Crippen molar-refractivity contribution in [2.45, 2.75) is 95.2 Å². The Bertz CT molecular complexity index is 987. The van der Waals surface area contributed by atoms with Gasteiger partial charge in [0, 0.05) is 0 Å². The normalized spacial score (nSPS) is 32.2. The molecule has 9 heteroatoms. The minimum Gasteiger partial charge on any atom is -0.425 e. The number of halogens is 7. The van der Waals surface area contributed by atoms with Gasteiger partial charge in [-0.25, -0.2) is 22.0 Å². The lowest BCUT2D eigenvalue weighted by Crippen LogP contribution is -2.44. The van der Waals surface area contributed by atoms with Crippen LogP contribution in [0.4, 0.5) is 30.7 Å². The minimum absolute atomic E-state index is 0.0911. The first kappa shape index (κ1) is 29.0. The first-order valence-electron chi connectivity index (χ1n) is 13.6.